The molecule has 0 heterocycles. The molecule has 12 heteroatoms. The number of methoxy groups -OCH3 is 1. The lowest BCUT2D eigenvalue weighted by atomic mass is 10.1. The summed E-state index contributed by atoms with van der Waals surface area (Å²) in [5.74, 6) is -0.650. The molecule has 0 aliphatic carbocycles. The number of anilines is 1. The Kier molecular flexibility index (Phi) is 10.7. The predicted octanol–water partition coefficient (Wildman–Crippen LogP) is 5.94. The van der Waals surface area contributed by atoms with Gasteiger partial charge in [-0.2, -0.15) is 13.2 Å². The van der Waals surface area contributed by atoms with Gasteiger partial charge < -0.3 is 15.0 Å². The van der Waals surface area contributed by atoms with Crippen LogP contribution in [0.25, 0.3) is 0 Å². The van der Waals surface area contributed by atoms with Crippen LogP contribution in [0.1, 0.15) is 50.8 Å². The largest absolute Gasteiger partial charge is 0.497 e. The maximum absolute atomic E-state index is 14.1. The number of carbonyl (C=O) groups excluding carboxylic acids is 2. The Morgan fingerprint density at radius 2 is 1.57 bits per heavy atom. The van der Waals surface area contributed by atoms with Crippen molar-refractivity contribution in [2.75, 3.05) is 18.0 Å². The molecule has 0 saturated heterocycles. The summed E-state index contributed by atoms with van der Waals surface area (Å²) in [6.45, 7) is 7.92. The molecule has 0 bridgehead atoms. The van der Waals surface area contributed by atoms with Gasteiger partial charge in [0.15, 0.2) is 0 Å². The van der Waals surface area contributed by atoms with Crippen LogP contribution >= 0.6 is 0 Å². The van der Waals surface area contributed by atoms with Gasteiger partial charge in [-0.05, 0) is 82.1 Å². The second kappa shape index (κ2) is 13.7. The summed E-state index contributed by atoms with van der Waals surface area (Å²) < 4.78 is 74.7. The molecule has 0 radical (unpaired) electrons. The average molecular weight is 634 g/mol. The number of alkyl halides is 3. The van der Waals surface area contributed by atoms with Gasteiger partial charge in [0.1, 0.15) is 18.3 Å². The maximum atomic E-state index is 14.1. The van der Waals surface area contributed by atoms with Crippen molar-refractivity contribution in [2.24, 2.45) is 0 Å². The highest BCUT2D eigenvalue weighted by Gasteiger charge is 2.36. The highest BCUT2D eigenvalue weighted by atomic mass is 32.2. The Labute approximate surface area is 256 Å². The number of nitrogens with one attached hydrogen (secondary N) is 1. The molecule has 0 fully saturated rings. The molecule has 3 aromatic carbocycles. The maximum Gasteiger partial charge on any atom is 0.416 e. The first-order valence-corrected chi connectivity index (χ1v) is 15.4. The van der Waals surface area contributed by atoms with Crippen molar-refractivity contribution >= 4 is 27.5 Å². The summed E-state index contributed by atoms with van der Waals surface area (Å²) in [5.41, 5.74) is -0.638. The summed E-state index contributed by atoms with van der Waals surface area (Å²) in [7, 11) is -3.02. The molecule has 3 aromatic rings. The Hall–Kier alpha value is -4.06. The van der Waals surface area contributed by atoms with E-state index in [0.717, 1.165) is 17.7 Å². The number of halogens is 3. The third kappa shape index (κ3) is 8.75. The molecule has 0 saturated carbocycles. The Balaban J connectivity index is 2.13. The van der Waals surface area contributed by atoms with Crippen molar-refractivity contribution < 1.29 is 35.9 Å². The van der Waals surface area contributed by atoms with E-state index in [9.17, 15) is 31.2 Å². The third-order valence-electron chi connectivity index (χ3n) is 6.75. The van der Waals surface area contributed by atoms with E-state index in [-0.39, 0.29) is 23.5 Å². The van der Waals surface area contributed by atoms with E-state index in [2.05, 4.69) is 5.32 Å². The Bertz CT molecular complexity index is 1550. The highest BCUT2D eigenvalue weighted by Crippen LogP contribution is 2.33. The van der Waals surface area contributed by atoms with Crippen LogP contribution in [0.2, 0.25) is 0 Å². The number of hydrogen-bond donors (Lipinski definition) is 1. The average Bonchev–Trinajstić information content (AvgIpc) is 2.94. The summed E-state index contributed by atoms with van der Waals surface area (Å²) in [6, 6.07) is 15.3. The third-order valence-corrected chi connectivity index (χ3v) is 8.53. The van der Waals surface area contributed by atoms with Gasteiger partial charge in [0.2, 0.25) is 11.8 Å². The monoisotopic (exact) mass is 633 g/mol. The van der Waals surface area contributed by atoms with Crippen LogP contribution in [-0.4, -0.2) is 50.4 Å². The van der Waals surface area contributed by atoms with Crippen LogP contribution in [0.4, 0.5) is 18.9 Å². The van der Waals surface area contributed by atoms with E-state index >= 15 is 0 Å². The molecular weight excluding hydrogens is 595 g/mol. The number of ether oxygens (including phenoxy) is 1. The van der Waals surface area contributed by atoms with Crippen molar-refractivity contribution in [3.05, 3.63) is 89.5 Å². The summed E-state index contributed by atoms with van der Waals surface area (Å²) in [4.78, 5) is 28.6. The zero-order chi connectivity index (χ0) is 32.9. The molecule has 44 heavy (non-hydrogen) atoms. The molecular formula is C32H38F3N3O5S. The van der Waals surface area contributed by atoms with Crippen molar-refractivity contribution in [3.63, 3.8) is 0 Å². The van der Waals surface area contributed by atoms with Gasteiger partial charge in [0.25, 0.3) is 10.0 Å². The van der Waals surface area contributed by atoms with E-state index < -0.39 is 51.7 Å². The molecule has 1 atom stereocenters. The van der Waals surface area contributed by atoms with Gasteiger partial charge in [0.05, 0.1) is 23.3 Å². The summed E-state index contributed by atoms with van der Waals surface area (Å²) in [6.07, 6.45) is -4.56. The minimum Gasteiger partial charge on any atom is -0.497 e. The van der Waals surface area contributed by atoms with Crippen LogP contribution in [0.5, 0.6) is 5.75 Å². The van der Waals surface area contributed by atoms with Crippen LogP contribution < -0.4 is 14.4 Å². The van der Waals surface area contributed by atoms with E-state index in [1.807, 2.05) is 0 Å². The Morgan fingerprint density at radius 1 is 0.955 bits per heavy atom. The summed E-state index contributed by atoms with van der Waals surface area (Å²) >= 11 is 0. The molecule has 0 aliphatic heterocycles. The Morgan fingerprint density at radius 3 is 2.09 bits per heavy atom. The fourth-order valence-corrected chi connectivity index (χ4v) is 5.91. The van der Waals surface area contributed by atoms with Gasteiger partial charge in [-0.3, -0.25) is 13.9 Å². The minimum absolute atomic E-state index is 0.0695. The van der Waals surface area contributed by atoms with Crippen molar-refractivity contribution in [1.29, 1.82) is 0 Å². The zero-order valence-electron chi connectivity index (χ0n) is 25.6. The number of rotatable bonds is 11. The smallest absolute Gasteiger partial charge is 0.416 e. The lowest BCUT2D eigenvalue weighted by molar-refractivity contribution is -0.141. The van der Waals surface area contributed by atoms with Crippen LogP contribution in [0, 0.1) is 6.92 Å². The lowest BCUT2D eigenvalue weighted by Crippen LogP contribution is -2.55. The number of amides is 2. The number of carbonyl (C=O) groups is 2. The molecule has 238 valence electrons. The molecule has 8 nitrogen and oxygen atoms in total. The molecule has 0 spiro atoms. The first-order valence-electron chi connectivity index (χ1n) is 14.0. The molecule has 0 unspecified atom stereocenters. The minimum atomic E-state index is -4.75. The molecule has 2 amide bonds. The first kappa shape index (κ1) is 34.4. The van der Waals surface area contributed by atoms with E-state index in [0.29, 0.717) is 21.7 Å². The van der Waals surface area contributed by atoms with Gasteiger partial charge in [0, 0.05) is 12.1 Å². The fraction of sp³-hybridized carbons (Fsp3) is 0.375. The van der Waals surface area contributed by atoms with Crippen molar-refractivity contribution in [3.8, 4) is 5.75 Å². The van der Waals surface area contributed by atoms with Gasteiger partial charge in [-0.15, -0.1) is 0 Å². The number of sulfonamides is 1. The molecule has 3 rings (SSSR count). The van der Waals surface area contributed by atoms with Gasteiger partial charge >= 0.3 is 6.18 Å². The predicted molar refractivity (Wildman–Crippen MR) is 163 cm³/mol. The topological polar surface area (TPSA) is 96.0 Å². The van der Waals surface area contributed by atoms with Crippen molar-refractivity contribution in [1.82, 2.24) is 10.2 Å². The number of benzene rings is 3. The van der Waals surface area contributed by atoms with E-state index in [1.54, 1.807) is 71.0 Å². The second-order valence-electron chi connectivity index (χ2n) is 11.4. The normalized spacial score (nSPS) is 12.8. The number of nitrogens with zero attached hydrogens (tertiary/aromatic N) is 2. The van der Waals surface area contributed by atoms with Crippen LogP contribution in [0.15, 0.2) is 77.7 Å². The summed E-state index contributed by atoms with van der Waals surface area (Å²) in [5, 5.41) is 2.87. The standard InChI is InChI=1S/C32H38F3N3O5S/c1-7-28(30(40)36-31(3,4)5)37(20-23-13-15-26(43-6)16-14-23)29(39)21-38(25-10-8-9-24(19-25)32(33,34)35)44(41,42)27-17-11-22(2)12-18-27/h8-19,28H,7,20-21H2,1-6H3,(H,36,40)/t28-/m1/s1. The second-order valence-corrected chi connectivity index (χ2v) is 13.3. The van der Waals surface area contributed by atoms with Gasteiger partial charge in [-0.25, -0.2) is 8.42 Å². The molecule has 0 aromatic heterocycles. The lowest BCUT2D eigenvalue weighted by Gasteiger charge is -2.35. The highest BCUT2D eigenvalue weighted by molar-refractivity contribution is 7.92. The fourth-order valence-electron chi connectivity index (χ4n) is 4.50. The van der Waals surface area contributed by atoms with Gasteiger partial charge in [-0.1, -0.05) is 42.8 Å². The quantitative estimate of drug-likeness (QED) is 0.282. The molecule has 0 aliphatic rings. The van der Waals surface area contributed by atoms with E-state index in [4.69, 9.17) is 4.74 Å². The number of aryl methyl sites for hydroxylation is 1. The zero-order valence-corrected chi connectivity index (χ0v) is 26.4. The van der Waals surface area contributed by atoms with Crippen LogP contribution in [-0.2, 0) is 32.3 Å². The van der Waals surface area contributed by atoms with Crippen molar-refractivity contribution in [2.45, 2.75) is 70.2 Å². The van der Waals surface area contributed by atoms with Crippen LogP contribution in [0.3, 0.4) is 0 Å². The molecule has 1 N–H and O–H groups in total. The number of hydrogen-bond acceptors (Lipinski definition) is 5. The van der Waals surface area contributed by atoms with E-state index in [1.165, 1.54) is 30.2 Å². The first-order chi connectivity index (χ1) is 20.5. The SMILES string of the molecule is CC[C@H](C(=O)NC(C)(C)C)N(Cc1ccc(OC)cc1)C(=O)CN(c1cccc(C(F)(F)F)c1)S(=O)(=O)c1ccc(C)cc1.